The molecular weight excluding hydrogens is 417 g/mol. The number of unbranched alkanes of at least 4 members (excludes halogenated alkanes) is 2. The molecule has 1 saturated heterocycles. The Hall–Kier alpha value is -3.68. The van der Waals surface area contributed by atoms with Crippen molar-refractivity contribution in [3.8, 4) is 5.75 Å². The van der Waals surface area contributed by atoms with E-state index in [0.717, 1.165) is 12.1 Å². The van der Waals surface area contributed by atoms with Crippen LogP contribution in [0.3, 0.4) is 0 Å². The summed E-state index contributed by atoms with van der Waals surface area (Å²) < 4.78 is 18.5. The predicted octanol–water partition coefficient (Wildman–Crippen LogP) is 3.90. The van der Waals surface area contributed by atoms with Gasteiger partial charge in [0.1, 0.15) is 17.3 Å². The van der Waals surface area contributed by atoms with Crippen LogP contribution in [0.15, 0.2) is 54.1 Å². The van der Waals surface area contributed by atoms with Crippen molar-refractivity contribution in [1.82, 2.24) is 4.90 Å². The van der Waals surface area contributed by atoms with Crippen molar-refractivity contribution in [2.75, 3.05) is 13.7 Å². The molecule has 1 amide bonds. The minimum absolute atomic E-state index is 0.0330. The number of aliphatic hydroxyl groups excluding tert-OH is 1. The second-order valence-corrected chi connectivity index (χ2v) is 7.48. The van der Waals surface area contributed by atoms with Gasteiger partial charge in [-0.05, 0) is 54.8 Å². The van der Waals surface area contributed by atoms with E-state index in [1.54, 1.807) is 24.3 Å². The Balaban J connectivity index is 1.97. The van der Waals surface area contributed by atoms with Crippen LogP contribution in [-0.4, -0.2) is 46.4 Å². The number of carboxylic acids is 1. The lowest BCUT2D eigenvalue weighted by Gasteiger charge is -2.25. The zero-order valence-corrected chi connectivity index (χ0v) is 17.6. The lowest BCUT2D eigenvalue weighted by atomic mass is 9.95. The van der Waals surface area contributed by atoms with Gasteiger partial charge < -0.3 is 19.8 Å². The van der Waals surface area contributed by atoms with Gasteiger partial charge in [0.15, 0.2) is 0 Å². The highest BCUT2D eigenvalue weighted by Gasteiger charge is 2.45. The number of methoxy groups -OCH3 is 1. The van der Waals surface area contributed by atoms with Crippen molar-refractivity contribution in [2.24, 2.45) is 0 Å². The van der Waals surface area contributed by atoms with Gasteiger partial charge >= 0.3 is 5.97 Å². The fourth-order valence-corrected chi connectivity index (χ4v) is 3.74. The van der Waals surface area contributed by atoms with Crippen LogP contribution in [0.4, 0.5) is 4.39 Å². The number of aliphatic carboxylic acids is 1. The van der Waals surface area contributed by atoms with Crippen LogP contribution < -0.4 is 4.74 Å². The lowest BCUT2D eigenvalue weighted by molar-refractivity contribution is -0.140. The number of halogens is 1. The van der Waals surface area contributed by atoms with Crippen molar-refractivity contribution in [3.63, 3.8) is 0 Å². The van der Waals surface area contributed by atoms with E-state index in [-0.39, 0.29) is 29.9 Å². The summed E-state index contributed by atoms with van der Waals surface area (Å²) in [6, 6.07) is 11.0. The lowest BCUT2D eigenvalue weighted by Crippen LogP contribution is -2.30. The number of ether oxygens (including phenoxy) is 1. The number of carbonyl (C=O) groups excluding carboxylic acids is 2. The van der Waals surface area contributed by atoms with E-state index in [0.29, 0.717) is 30.6 Å². The maximum absolute atomic E-state index is 13.3. The number of nitrogens with zero attached hydrogens (tertiary/aromatic N) is 1. The summed E-state index contributed by atoms with van der Waals surface area (Å²) in [7, 11) is 1.52. The molecule has 8 heteroatoms. The molecule has 1 fully saturated rings. The number of benzene rings is 2. The van der Waals surface area contributed by atoms with E-state index in [1.807, 2.05) is 0 Å². The predicted molar refractivity (Wildman–Crippen MR) is 115 cm³/mol. The molecule has 1 atom stereocenters. The normalized spacial score (nSPS) is 17.6. The highest BCUT2D eigenvalue weighted by atomic mass is 19.1. The monoisotopic (exact) mass is 441 g/mol. The molecule has 0 spiro atoms. The fraction of sp³-hybridized carbons (Fsp3) is 0.292. The molecule has 0 radical (unpaired) electrons. The van der Waals surface area contributed by atoms with Crippen LogP contribution >= 0.6 is 0 Å². The standard InChI is InChI=1S/C24H24FNO6/c1-32-18-12-8-15(9-13-18)21-20(22(29)16-6-10-17(25)11-7-16)23(30)24(31)26(21)14-4-2-3-5-19(27)28/h6-13,21,29H,2-5,14H2,1H3,(H,27,28). The van der Waals surface area contributed by atoms with Gasteiger partial charge in [-0.25, -0.2) is 4.39 Å². The molecule has 32 heavy (non-hydrogen) atoms. The molecule has 1 unspecified atom stereocenters. The summed E-state index contributed by atoms with van der Waals surface area (Å²) in [5.41, 5.74) is 0.765. The van der Waals surface area contributed by atoms with E-state index >= 15 is 0 Å². The summed E-state index contributed by atoms with van der Waals surface area (Å²) >= 11 is 0. The maximum atomic E-state index is 13.3. The third-order valence-corrected chi connectivity index (χ3v) is 5.38. The number of Topliss-reactive ketones (excluding diaryl/α,β-unsaturated/α-hetero) is 1. The summed E-state index contributed by atoms with van der Waals surface area (Å²) in [6.07, 6.45) is 1.57. The van der Waals surface area contributed by atoms with E-state index in [4.69, 9.17) is 9.84 Å². The molecule has 168 valence electrons. The second-order valence-electron chi connectivity index (χ2n) is 7.48. The quantitative estimate of drug-likeness (QED) is 0.265. The minimum Gasteiger partial charge on any atom is -0.507 e. The van der Waals surface area contributed by atoms with Gasteiger partial charge in [-0.1, -0.05) is 18.6 Å². The van der Waals surface area contributed by atoms with Crippen LogP contribution in [0.5, 0.6) is 5.75 Å². The second kappa shape index (κ2) is 10.1. The molecule has 2 N–H and O–H groups in total. The Kier molecular flexibility index (Phi) is 7.25. The number of amides is 1. The maximum Gasteiger partial charge on any atom is 0.303 e. The number of aliphatic hydroxyl groups is 1. The zero-order valence-electron chi connectivity index (χ0n) is 17.6. The average Bonchev–Trinajstić information content (AvgIpc) is 3.03. The molecule has 1 heterocycles. The SMILES string of the molecule is COc1ccc(C2C(=C(O)c3ccc(F)cc3)C(=O)C(=O)N2CCCCCC(=O)O)cc1. The van der Waals surface area contributed by atoms with Crippen LogP contribution in [0.1, 0.15) is 42.9 Å². The molecule has 3 rings (SSSR count). The largest absolute Gasteiger partial charge is 0.507 e. The van der Waals surface area contributed by atoms with Gasteiger partial charge in [-0.15, -0.1) is 0 Å². The van der Waals surface area contributed by atoms with Crippen molar-refractivity contribution < 1.29 is 33.7 Å². The van der Waals surface area contributed by atoms with Crippen molar-refractivity contribution in [2.45, 2.75) is 31.7 Å². The van der Waals surface area contributed by atoms with Gasteiger partial charge in [-0.3, -0.25) is 14.4 Å². The van der Waals surface area contributed by atoms with Crippen molar-refractivity contribution in [1.29, 1.82) is 0 Å². The molecule has 0 aromatic heterocycles. The van der Waals surface area contributed by atoms with E-state index < -0.39 is 29.5 Å². The van der Waals surface area contributed by atoms with Crippen LogP contribution in [-0.2, 0) is 14.4 Å². The molecule has 1 aliphatic heterocycles. The van der Waals surface area contributed by atoms with Crippen LogP contribution in [0.25, 0.3) is 5.76 Å². The number of carbonyl (C=O) groups is 3. The number of rotatable bonds is 9. The van der Waals surface area contributed by atoms with Gasteiger partial charge in [0.2, 0.25) is 0 Å². The topological polar surface area (TPSA) is 104 Å². The third kappa shape index (κ3) is 4.96. The van der Waals surface area contributed by atoms with E-state index in [2.05, 4.69) is 0 Å². The Labute approximate surface area is 184 Å². The summed E-state index contributed by atoms with van der Waals surface area (Å²) in [4.78, 5) is 37.8. The Morgan fingerprint density at radius 2 is 1.66 bits per heavy atom. The first-order chi connectivity index (χ1) is 15.3. The highest BCUT2D eigenvalue weighted by Crippen LogP contribution is 2.40. The zero-order chi connectivity index (χ0) is 23.3. The molecule has 0 saturated carbocycles. The number of hydrogen-bond donors (Lipinski definition) is 2. The van der Waals surface area contributed by atoms with Crippen LogP contribution in [0.2, 0.25) is 0 Å². The average molecular weight is 441 g/mol. The van der Waals surface area contributed by atoms with Crippen LogP contribution in [0, 0.1) is 5.82 Å². The van der Waals surface area contributed by atoms with Crippen molar-refractivity contribution in [3.05, 3.63) is 71.0 Å². The van der Waals surface area contributed by atoms with Gasteiger partial charge in [0.05, 0.1) is 18.7 Å². The Bertz CT molecular complexity index is 1030. The van der Waals surface area contributed by atoms with Gasteiger partial charge in [0.25, 0.3) is 11.7 Å². The third-order valence-electron chi connectivity index (χ3n) is 5.38. The minimum atomic E-state index is -0.886. The molecule has 1 aliphatic rings. The van der Waals surface area contributed by atoms with Crippen molar-refractivity contribution >= 4 is 23.4 Å². The number of likely N-dealkylation sites (tertiary alicyclic amines) is 1. The number of carboxylic acid groups (broad SMARTS) is 1. The molecule has 0 bridgehead atoms. The fourth-order valence-electron chi connectivity index (χ4n) is 3.74. The highest BCUT2D eigenvalue weighted by molar-refractivity contribution is 6.46. The molecule has 7 nitrogen and oxygen atoms in total. The Morgan fingerprint density at radius 1 is 1.00 bits per heavy atom. The molecule has 0 aliphatic carbocycles. The summed E-state index contributed by atoms with van der Waals surface area (Å²) in [5, 5.41) is 19.7. The van der Waals surface area contributed by atoms with E-state index in [9.17, 15) is 23.9 Å². The first-order valence-corrected chi connectivity index (χ1v) is 10.2. The van der Waals surface area contributed by atoms with Gasteiger partial charge in [-0.2, -0.15) is 0 Å². The molecule has 2 aromatic carbocycles. The first kappa shape index (κ1) is 23.0. The van der Waals surface area contributed by atoms with Gasteiger partial charge in [0, 0.05) is 18.5 Å². The summed E-state index contributed by atoms with van der Waals surface area (Å²) in [6.45, 7) is 0.223. The number of ketones is 1. The summed E-state index contributed by atoms with van der Waals surface area (Å²) in [5.74, 6) is -2.72. The first-order valence-electron chi connectivity index (χ1n) is 10.2. The Morgan fingerprint density at radius 3 is 2.25 bits per heavy atom. The van der Waals surface area contributed by atoms with E-state index in [1.165, 1.54) is 24.1 Å². The smallest absolute Gasteiger partial charge is 0.303 e. The molecular formula is C24H24FNO6. The molecule has 2 aromatic rings. The number of hydrogen-bond acceptors (Lipinski definition) is 5.